The summed E-state index contributed by atoms with van der Waals surface area (Å²) in [6.07, 6.45) is 0. The Balaban J connectivity index is 3.46. The minimum Gasteiger partial charge on any atom is -0.394 e. The van der Waals surface area contributed by atoms with Crippen LogP contribution in [0, 0.1) is 0 Å². The van der Waals surface area contributed by atoms with Crippen molar-refractivity contribution in [2.24, 2.45) is 5.73 Å². The van der Waals surface area contributed by atoms with Gasteiger partial charge in [-0.2, -0.15) is 5.26 Å². The number of aliphatic hydroxyl groups excluding tert-OH is 1. The number of hydrogen-bond acceptors (Lipinski definition) is 5. The summed E-state index contributed by atoms with van der Waals surface area (Å²) in [6, 6.07) is -1.14. The molecule has 0 fully saturated rings. The van der Waals surface area contributed by atoms with Crippen LogP contribution >= 0.6 is 0 Å². The van der Waals surface area contributed by atoms with E-state index < -0.39 is 18.6 Å². The molecule has 5 heteroatoms. The van der Waals surface area contributed by atoms with Gasteiger partial charge in [-0.05, 0) is 0 Å². The summed E-state index contributed by atoms with van der Waals surface area (Å²) < 4.78 is 0. The van der Waals surface area contributed by atoms with Crippen molar-refractivity contribution in [2.75, 3.05) is 6.61 Å². The van der Waals surface area contributed by atoms with Gasteiger partial charge in [-0.25, -0.2) is 4.79 Å². The van der Waals surface area contributed by atoms with E-state index in [0.717, 1.165) is 0 Å². The first kappa shape index (κ1) is 7.35. The van der Waals surface area contributed by atoms with Gasteiger partial charge in [-0.1, -0.05) is 0 Å². The Morgan fingerprint density at radius 3 is 2.50 bits per heavy atom. The Morgan fingerprint density at radius 2 is 2.38 bits per heavy atom. The van der Waals surface area contributed by atoms with E-state index in [0.29, 0.717) is 0 Å². The molecule has 0 radical (unpaired) electrons. The van der Waals surface area contributed by atoms with Gasteiger partial charge in [0.1, 0.15) is 6.04 Å². The zero-order valence-corrected chi connectivity index (χ0v) is 4.07. The third kappa shape index (κ3) is 1.87. The van der Waals surface area contributed by atoms with E-state index in [1.54, 1.807) is 0 Å². The summed E-state index contributed by atoms with van der Waals surface area (Å²) in [6.45, 7) is -0.528. The summed E-state index contributed by atoms with van der Waals surface area (Å²) in [5.74, 6) is -1.03. The molecule has 8 heavy (non-hydrogen) atoms. The second-order valence-corrected chi connectivity index (χ2v) is 1.20. The third-order valence-corrected chi connectivity index (χ3v) is 0.589. The lowest BCUT2D eigenvalue weighted by molar-refractivity contribution is -0.236. The molecule has 4 N–H and O–H groups in total. The molecule has 0 saturated carbocycles. The van der Waals surface area contributed by atoms with Gasteiger partial charge in [0.15, 0.2) is 0 Å². The van der Waals surface area contributed by atoms with Crippen LogP contribution in [0.3, 0.4) is 0 Å². The van der Waals surface area contributed by atoms with Crippen LogP contribution in [0.2, 0.25) is 0 Å². The molecule has 5 nitrogen and oxygen atoms in total. The van der Waals surface area contributed by atoms with Gasteiger partial charge in [0, 0.05) is 0 Å². The maximum absolute atomic E-state index is 9.99. The van der Waals surface area contributed by atoms with Crippen molar-refractivity contribution in [3.63, 3.8) is 0 Å². The SMILES string of the molecule is NC(CO)C(=O)OO. The quantitative estimate of drug-likeness (QED) is 0.300. The highest BCUT2D eigenvalue weighted by Crippen LogP contribution is 1.78. The first-order valence-electron chi connectivity index (χ1n) is 1.94. The molecule has 0 spiro atoms. The number of rotatable bonds is 2. The molecule has 1 atom stereocenters. The Hall–Kier alpha value is -0.650. The Kier molecular flexibility index (Phi) is 3.09. The first-order chi connectivity index (χ1) is 3.72. The number of hydrogen-bond donors (Lipinski definition) is 3. The van der Waals surface area contributed by atoms with E-state index in [1.165, 1.54) is 0 Å². The Labute approximate surface area is 45.6 Å². The second-order valence-electron chi connectivity index (χ2n) is 1.20. The lowest BCUT2D eigenvalue weighted by atomic mass is 10.3. The molecule has 0 aromatic rings. The van der Waals surface area contributed by atoms with Crippen LogP contribution in [0.5, 0.6) is 0 Å². The zero-order valence-electron chi connectivity index (χ0n) is 4.07. The highest BCUT2D eigenvalue weighted by molar-refractivity contribution is 5.74. The van der Waals surface area contributed by atoms with Crippen LogP contribution < -0.4 is 5.73 Å². The van der Waals surface area contributed by atoms with E-state index in [4.69, 9.17) is 16.1 Å². The van der Waals surface area contributed by atoms with Gasteiger partial charge in [0.05, 0.1) is 6.61 Å². The first-order valence-corrected chi connectivity index (χ1v) is 1.94. The number of carbonyl (C=O) groups excluding carboxylic acids is 1. The van der Waals surface area contributed by atoms with Gasteiger partial charge in [-0.3, -0.25) is 4.89 Å². The lowest BCUT2D eigenvalue weighted by Gasteiger charge is -2.00. The maximum Gasteiger partial charge on any atom is 0.360 e. The average Bonchev–Trinajstić information content (AvgIpc) is 1.84. The highest BCUT2D eigenvalue weighted by Gasteiger charge is 2.12. The number of nitrogens with two attached hydrogens (primary N) is 1. The molecule has 0 aliphatic carbocycles. The molecule has 0 aliphatic rings. The summed E-state index contributed by atoms with van der Waals surface area (Å²) >= 11 is 0. The van der Waals surface area contributed by atoms with E-state index in [9.17, 15) is 4.79 Å². The molecule has 0 aromatic heterocycles. The van der Waals surface area contributed by atoms with Crippen molar-refractivity contribution >= 4 is 5.97 Å². The van der Waals surface area contributed by atoms with Crippen LogP contribution in [-0.4, -0.2) is 29.0 Å². The zero-order chi connectivity index (χ0) is 6.57. The molecule has 0 saturated heterocycles. The summed E-state index contributed by atoms with van der Waals surface area (Å²) in [4.78, 5) is 13.2. The minimum atomic E-state index is -1.14. The van der Waals surface area contributed by atoms with E-state index >= 15 is 0 Å². The van der Waals surface area contributed by atoms with Crippen LogP contribution in [0.25, 0.3) is 0 Å². The molecule has 0 bridgehead atoms. The van der Waals surface area contributed by atoms with Crippen LogP contribution in [0.15, 0.2) is 0 Å². The van der Waals surface area contributed by atoms with E-state index in [1.807, 2.05) is 0 Å². The Morgan fingerprint density at radius 1 is 1.88 bits per heavy atom. The Bertz CT molecular complexity index is 83.4. The normalized spacial score (nSPS) is 12.9. The standard InChI is InChI=1S/C3H7NO4/c4-2(1-5)3(6)8-7/h2,5,7H,1,4H2. The fourth-order valence-electron chi connectivity index (χ4n) is 0.142. The minimum absolute atomic E-state index is 0.528. The molecular weight excluding hydrogens is 114 g/mol. The monoisotopic (exact) mass is 121 g/mol. The fourth-order valence-corrected chi connectivity index (χ4v) is 0.142. The van der Waals surface area contributed by atoms with Crippen molar-refractivity contribution in [3.05, 3.63) is 0 Å². The summed E-state index contributed by atoms with van der Waals surface area (Å²) in [5, 5.41) is 15.7. The van der Waals surface area contributed by atoms with Crippen molar-refractivity contribution in [1.82, 2.24) is 0 Å². The van der Waals surface area contributed by atoms with Gasteiger partial charge in [-0.15, -0.1) is 0 Å². The average molecular weight is 121 g/mol. The van der Waals surface area contributed by atoms with Gasteiger partial charge < -0.3 is 10.8 Å². The molecule has 0 aliphatic heterocycles. The number of aliphatic hydroxyl groups is 1. The lowest BCUT2D eigenvalue weighted by Crippen LogP contribution is -2.34. The van der Waals surface area contributed by atoms with Gasteiger partial charge in [0.25, 0.3) is 0 Å². The number of carbonyl (C=O) groups is 1. The second kappa shape index (κ2) is 3.36. The van der Waals surface area contributed by atoms with Crippen molar-refractivity contribution < 1.29 is 20.0 Å². The van der Waals surface area contributed by atoms with Gasteiger partial charge >= 0.3 is 5.97 Å². The van der Waals surface area contributed by atoms with E-state index in [-0.39, 0.29) is 0 Å². The van der Waals surface area contributed by atoms with Crippen molar-refractivity contribution in [2.45, 2.75) is 6.04 Å². The molecule has 0 amide bonds. The molecular formula is C3H7NO4. The van der Waals surface area contributed by atoms with Crippen LogP contribution in [0.4, 0.5) is 0 Å². The molecule has 48 valence electrons. The summed E-state index contributed by atoms with van der Waals surface area (Å²) in [5.41, 5.74) is 4.84. The third-order valence-electron chi connectivity index (χ3n) is 0.589. The predicted molar refractivity (Wildman–Crippen MR) is 23.8 cm³/mol. The van der Waals surface area contributed by atoms with E-state index in [2.05, 4.69) is 4.89 Å². The molecule has 1 unspecified atom stereocenters. The van der Waals surface area contributed by atoms with Crippen molar-refractivity contribution in [3.8, 4) is 0 Å². The molecule has 0 heterocycles. The molecule has 0 rings (SSSR count). The largest absolute Gasteiger partial charge is 0.394 e. The topological polar surface area (TPSA) is 92.8 Å². The smallest absolute Gasteiger partial charge is 0.360 e. The highest BCUT2D eigenvalue weighted by atomic mass is 17.1. The fraction of sp³-hybridized carbons (Fsp3) is 0.667. The predicted octanol–water partition coefficient (Wildman–Crippen LogP) is -1.68. The van der Waals surface area contributed by atoms with Crippen LogP contribution in [0.1, 0.15) is 0 Å². The van der Waals surface area contributed by atoms with Crippen molar-refractivity contribution in [1.29, 1.82) is 0 Å². The van der Waals surface area contributed by atoms with Crippen LogP contribution in [-0.2, 0) is 9.68 Å². The maximum atomic E-state index is 9.99. The summed E-state index contributed by atoms with van der Waals surface area (Å²) in [7, 11) is 0. The molecule has 0 aromatic carbocycles. The van der Waals surface area contributed by atoms with Gasteiger partial charge in [0.2, 0.25) is 0 Å².